The van der Waals surface area contributed by atoms with Crippen molar-refractivity contribution in [3.8, 4) is 11.5 Å². The smallest absolute Gasteiger partial charge is 0.159 e. The van der Waals surface area contributed by atoms with Crippen LogP contribution in [-0.4, -0.2) is 68.3 Å². The Bertz CT molecular complexity index is 1260. The van der Waals surface area contributed by atoms with Gasteiger partial charge in [-0.2, -0.15) is 5.10 Å². The van der Waals surface area contributed by atoms with Crippen LogP contribution in [0, 0.1) is 0 Å². The molecular weight excluding hydrogens is 431 g/mol. The van der Waals surface area contributed by atoms with Crippen LogP contribution in [0.4, 0.5) is 4.39 Å². The lowest BCUT2D eigenvalue weighted by molar-refractivity contribution is 0.212. The summed E-state index contributed by atoms with van der Waals surface area (Å²) in [6.45, 7) is 9.29. The van der Waals surface area contributed by atoms with E-state index in [1.807, 2.05) is 25.1 Å². The van der Waals surface area contributed by atoms with Gasteiger partial charge < -0.3 is 15.0 Å². The molecule has 3 N–H and O–H groups in total. The van der Waals surface area contributed by atoms with Gasteiger partial charge in [-0.3, -0.25) is 10.00 Å². The quantitative estimate of drug-likeness (QED) is 0.467. The summed E-state index contributed by atoms with van der Waals surface area (Å²) in [5.74, 6) is 0.0211. The van der Waals surface area contributed by atoms with Crippen molar-refractivity contribution in [2.24, 2.45) is 0 Å². The number of imidazole rings is 1. The third-order valence-electron chi connectivity index (χ3n) is 7.30. The molecule has 180 valence electrons. The number of aromatic amines is 2. The summed E-state index contributed by atoms with van der Waals surface area (Å²) >= 11 is 0. The number of aromatic nitrogens is 4. The molecule has 0 bridgehead atoms. The minimum absolute atomic E-state index is 0.0780. The molecule has 0 radical (unpaired) electrons. The summed E-state index contributed by atoms with van der Waals surface area (Å²) in [6, 6.07) is 6.13. The number of allylic oxidation sites excluding steroid dienone is 3. The van der Waals surface area contributed by atoms with Crippen LogP contribution in [0.3, 0.4) is 0 Å². The number of hydrogen-bond acceptors (Lipinski definition) is 5. The maximum absolute atomic E-state index is 14.2. The molecule has 0 fully saturated rings. The number of nitrogens with one attached hydrogen (secondary N) is 2. The van der Waals surface area contributed by atoms with Gasteiger partial charge in [0.2, 0.25) is 0 Å². The van der Waals surface area contributed by atoms with Gasteiger partial charge >= 0.3 is 0 Å². The van der Waals surface area contributed by atoms with Crippen LogP contribution in [0.25, 0.3) is 22.4 Å². The third kappa shape index (κ3) is 4.28. The van der Waals surface area contributed by atoms with E-state index in [-0.39, 0.29) is 18.1 Å². The summed E-state index contributed by atoms with van der Waals surface area (Å²) in [5, 5.41) is 18.5. The Labute approximate surface area is 199 Å². The van der Waals surface area contributed by atoms with E-state index < -0.39 is 5.83 Å². The van der Waals surface area contributed by atoms with Gasteiger partial charge in [-0.1, -0.05) is 31.6 Å². The predicted molar refractivity (Wildman–Crippen MR) is 132 cm³/mol. The topological polar surface area (TPSA) is 84.1 Å². The summed E-state index contributed by atoms with van der Waals surface area (Å²) in [5.41, 5.74) is 6.07. The van der Waals surface area contributed by atoms with Crippen molar-refractivity contribution >= 4 is 10.9 Å². The Morgan fingerprint density at radius 3 is 2.94 bits per heavy atom. The lowest BCUT2D eigenvalue weighted by Gasteiger charge is -2.27. The fourth-order valence-corrected chi connectivity index (χ4v) is 5.01. The lowest BCUT2D eigenvalue weighted by atomic mass is 9.83. The van der Waals surface area contributed by atoms with Crippen molar-refractivity contribution in [3.63, 3.8) is 0 Å². The molecular formula is C26H33FN6O. The molecule has 3 aromatic rings. The monoisotopic (exact) mass is 464 g/mol. The number of H-pyrrole nitrogens is 2. The van der Waals surface area contributed by atoms with Crippen molar-refractivity contribution in [2.75, 3.05) is 33.2 Å². The molecule has 2 aliphatic rings. The van der Waals surface area contributed by atoms with Gasteiger partial charge in [-0.05, 0) is 37.7 Å². The Balaban J connectivity index is 1.37. The fourth-order valence-electron chi connectivity index (χ4n) is 5.01. The normalized spacial score (nSPS) is 19.2. The van der Waals surface area contributed by atoms with Crippen LogP contribution in [0.15, 0.2) is 41.4 Å². The summed E-state index contributed by atoms with van der Waals surface area (Å²) in [7, 11) is 2.16. The number of halogens is 1. The first kappa shape index (κ1) is 22.8. The standard InChI is InChI=1S/C26H33FN6O/c1-4-16-13-24(34)20(27)14-19(16)17-6-7-18-22(12-17)30-31-25(18)26-28-21-8-9-33(15-23(21)29-26)11-10-32(3)5-2/h6-7,12-13,19,34H,4-5,8-11,14-15H2,1-3H3,(H,28,29)(H,30,31). The Hall–Kier alpha value is -2.97. The molecule has 8 heteroatoms. The van der Waals surface area contributed by atoms with Crippen LogP contribution in [0.2, 0.25) is 0 Å². The molecule has 0 saturated heterocycles. The summed E-state index contributed by atoms with van der Waals surface area (Å²) < 4.78 is 14.2. The Morgan fingerprint density at radius 2 is 2.15 bits per heavy atom. The molecule has 34 heavy (non-hydrogen) atoms. The van der Waals surface area contributed by atoms with E-state index in [2.05, 4.69) is 39.0 Å². The van der Waals surface area contributed by atoms with Gasteiger partial charge in [0.15, 0.2) is 5.82 Å². The Kier molecular flexibility index (Phi) is 6.27. The van der Waals surface area contributed by atoms with Gasteiger partial charge in [0.05, 0.1) is 16.9 Å². The van der Waals surface area contributed by atoms with Gasteiger partial charge in [-0.15, -0.1) is 0 Å². The number of aliphatic hydroxyl groups is 1. The van der Waals surface area contributed by atoms with E-state index in [0.29, 0.717) is 0 Å². The first-order valence-corrected chi connectivity index (χ1v) is 12.2. The van der Waals surface area contributed by atoms with E-state index in [1.54, 1.807) is 6.08 Å². The average molecular weight is 465 g/mol. The van der Waals surface area contributed by atoms with Crippen molar-refractivity contribution in [1.29, 1.82) is 0 Å². The molecule has 0 spiro atoms. The highest BCUT2D eigenvalue weighted by atomic mass is 19.1. The average Bonchev–Trinajstić information content (AvgIpc) is 3.46. The summed E-state index contributed by atoms with van der Waals surface area (Å²) in [4.78, 5) is 13.2. The number of hydrogen-bond donors (Lipinski definition) is 3. The number of aliphatic hydroxyl groups excluding tert-OH is 1. The maximum atomic E-state index is 14.2. The number of benzene rings is 1. The first-order chi connectivity index (χ1) is 16.5. The zero-order valence-electron chi connectivity index (χ0n) is 20.2. The zero-order chi connectivity index (χ0) is 23.8. The van der Waals surface area contributed by atoms with Crippen LogP contribution >= 0.6 is 0 Å². The molecule has 7 nitrogen and oxygen atoms in total. The number of rotatable bonds is 7. The van der Waals surface area contributed by atoms with E-state index in [0.717, 1.165) is 84.8 Å². The molecule has 1 aliphatic carbocycles. The van der Waals surface area contributed by atoms with Gasteiger partial charge in [-0.25, -0.2) is 9.37 Å². The van der Waals surface area contributed by atoms with Crippen LogP contribution in [-0.2, 0) is 13.0 Å². The molecule has 0 saturated carbocycles. The zero-order valence-corrected chi connectivity index (χ0v) is 20.2. The maximum Gasteiger partial charge on any atom is 0.159 e. The second kappa shape index (κ2) is 9.35. The van der Waals surface area contributed by atoms with E-state index in [1.165, 1.54) is 5.69 Å². The van der Waals surface area contributed by atoms with Gasteiger partial charge in [0, 0.05) is 50.3 Å². The highest BCUT2D eigenvalue weighted by Crippen LogP contribution is 2.39. The van der Waals surface area contributed by atoms with Crippen molar-refractivity contribution in [1.82, 2.24) is 30.0 Å². The van der Waals surface area contributed by atoms with Gasteiger partial charge in [0.1, 0.15) is 17.3 Å². The lowest BCUT2D eigenvalue weighted by Crippen LogP contribution is -2.36. The highest BCUT2D eigenvalue weighted by molar-refractivity contribution is 5.91. The minimum atomic E-state index is -0.454. The van der Waals surface area contributed by atoms with E-state index in [4.69, 9.17) is 4.98 Å². The fraction of sp³-hybridized carbons (Fsp3) is 0.462. The molecule has 1 aromatic carbocycles. The van der Waals surface area contributed by atoms with E-state index >= 15 is 0 Å². The van der Waals surface area contributed by atoms with Gasteiger partial charge in [0.25, 0.3) is 0 Å². The van der Waals surface area contributed by atoms with Crippen molar-refractivity contribution in [2.45, 2.75) is 45.6 Å². The molecule has 5 rings (SSSR count). The SMILES string of the molecule is CCC1=CC(O)=C(F)CC1c1ccc2c(-c3nc4c([nH]3)CN(CCN(C)CC)CC4)n[nH]c2c1. The number of fused-ring (bicyclic) bond motifs is 2. The minimum Gasteiger partial charge on any atom is -0.505 e. The molecule has 1 aliphatic heterocycles. The first-order valence-electron chi connectivity index (χ1n) is 12.2. The molecule has 2 aromatic heterocycles. The van der Waals surface area contributed by atoms with Crippen molar-refractivity contribution in [3.05, 3.63) is 58.4 Å². The Morgan fingerprint density at radius 1 is 1.29 bits per heavy atom. The third-order valence-corrected chi connectivity index (χ3v) is 7.30. The van der Waals surface area contributed by atoms with Crippen LogP contribution in [0.5, 0.6) is 0 Å². The number of nitrogens with zero attached hydrogens (tertiary/aromatic N) is 4. The second-order valence-corrected chi connectivity index (χ2v) is 9.43. The van der Waals surface area contributed by atoms with E-state index in [9.17, 15) is 9.50 Å². The second-order valence-electron chi connectivity index (χ2n) is 9.43. The predicted octanol–water partition coefficient (Wildman–Crippen LogP) is 4.83. The van der Waals surface area contributed by atoms with Crippen LogP contribution in [0.1, 0.15) is 49.6 Å². The largest absolute Gasteiger partial charge is 0.505 e. The van der Waals surface area contributed by atoms with Crippen LogP contribution < -0.4 is 0 Å². The molecule has 1 atom stereocenters. The number of likely N-dealkylation sites (N-methyl/N-ethyl adjacent to an activating group) is 1. The molecule has 1 unspecified atom stereocenters. The molecule has 0 amide bonds. The van der Waals surface area contributed by atoms with Crippen molar-refractivity contribution < 1.29 is 9.50 Å². The molecule has 3 heterocycles. The summed E-state index contributed by atoms with van der Waals surface area (Å²) in [6.07, 6.45) is 3.46. The highest BCUT2D eigenvalue weighted by Gasteiger charge is 2.26.